The Hall–Kier alpha value is -0.640. The zero-order chi connectivity index (χ0) is 25.3. The van der Waals surface area contributed by atoms with E-state index in [1.54, 1.807) is 0 Å². The minimum atomic E-state index is -1.56. The van der Waals surface area contributed by atoms with Crippen LogP contribution in [0.5, 0.6) is 0 Å². The minimum absolute atomic E-state index is 0.651. The average molecular weight is 501 g/mol. The molecule has 15 atom stereocenters. The summed E-state index contributed by atoms with van der Waals surface area (Å²) in [5, 5.41) is 79.6. The lowest BCUT2D eigenvalue weighted by atomic mass is 9.94. The second kappa shape index (κ2) is 11.6. The lowest BCUT2D eigenvalue weighted by molar-refractivity contribution is -0.348. The Morgan fingerprint density at radius 1 is 0.529 bits per heavy atom. The highest BCUT2D eigenvalue weighted by Gasteiger charge is 2.52. The third-order valence-electron chi connectivity index (χ3n) is 6.33. The monoisotopic (exact) mass is 501 g/mol. The molecule has 0 aromatic heterocycles. The Morgan fingerprint density at radius 2 is 0.941 bits per heavy atom. The van der Waals surface area contributed by atoms with Crippen LogP contribution in [0, 0.1) is 0 Å². The van der Waals surface area contributed by atoms with E-state index in [2.05, 4.69) is 0 Å². The van der Waals surface area contributed by atoms with E-state index < -0.39 is 112 Å². The summed E-state index contributed by atoms with van der Waals surface area (Å²) in [7, 11) is 0. The molecule has 34 heavy (non-hydrogen) atoms. The molecule has 16 heteroatoms. The smallest absolute Gasteiger partial charge is 0.176 e. The molecule has 7 unspecified atom stereocenters. The molecule has 0 aliphatic carbocycles. The summed E-state index contributed by atoms with van der Waals surface area (Å²) in [6.07, 6.45) is -16.8. The van der Waals surface area contributed by atoms with Crippen LogP contribution in [-0.4, -0.2) is 153 Å². The van der Waals surface area contributed by atoms with Crippen LogP contribution in [0.25, 0.3) is 0 Å². The topological polar surface area (TPSA) is 286 Å². The molecule has 200 valence electrons. The zero-order valence-electron chi connectivity index (χ0n) is 18.1. The quantitative estimate of drug-likeness (QED) is 0.154. The fourth-order valence-electron chi connectivity index (χ4n) is 4.18. The van der Waals surface area contributed by atoms with Crippen LogP contribution in [0.3, 0.4) is 0 Å². The third kappa shape index (κ3) is 5.37. The first kappa shape index (κ1) is 27.9. The molecule has 3 heterocycles. The van der Waals surface area contributed by atoms with Crippen LogP contribution in [0.2, 0.25) is 0 Å². The van der Waals surface area contributed by atoms with Crippen LogP contribution >= 0.6 is 0 Å². The molecule has 3 aliphatic rings. The number of rotatable bonds is 7. The third-order valence-corrected chi connectivity index (χ3v) is 6.33. The predicted molar refractivity (Wildman–Crippen MR) is 107 cm³/mol. The van der Waals surface area contributed by atoms with Gasteiger partial charge in [0.25, 0.3) is 0 Å². The highest BCUT2D eigenvalue weighted by atomic mass is 16.7. The van der Waals surface area contributed by atoms with E-state index in [9.17, 15) is 40.9 Å². The molecule has 0 bridgehead atoms. The van der Waals surface area contributed by atoms with Gasteiger partial charge in [-0.05, 0) is 0 Å². The summed E-state index contributed by atoms with van der Waals surface area (Å²) in [5.41, 5.74) is 17.6. The van der Waals surface area contributed by atoms with Gasteiger partial charge in [-0.25, -0.2) is 0 Å². The summed E-state index contributed by atoms with van der Waals surface area (Å²) in [5.74, 6) is 0. The maximum atomic E-state index is 10.8. The lowest BCUT2D eigenvalue weighted by Gasteiger charge is -2.48. The maximum Gasteiger partial charge on any atom is 0.176 e. The highest BCUT2D eigenvalue weighted by Crippen LogP contribution is 2.30. The summed E-state index contributed by atoms with van der Waals surface area (Å²) < 4.78 is 27.4. The second-order valence-electron chi connectivity index (χ2n) is 8.59. The summed E-state index contributed by atoms with van der Waals surface area (Å²) in [4.78, 5) is 0. The summed E-state index contributed by atoms with van der Waals surface area (Å²) in [6, 6.07) is -3.87. The second-order valence-corrected chi connectivity index (χ2v) is 8.59. The van der Waals surface area contributed by atoms with Gasteiger partial charge in [-0.15, -0.1) is 0 Å². The molecular weight excluding hydrogens is 466 g/mol. The van der Waals surface area contributed by atoms with Gasteiger partial charge < -0.3 is 81.7 Å². The van der Waals surface area contributed by atoms with Crippen molar-refractivity contribution in [2.45, 2.75) is 91.9 Å². The van der Waals surface area contributed by atoms with Gasteiger partial charge >= 0.3 is 0 Å². The molecule has 3 saturated heterocycles. The normalized spacial score (nSPS) is 52.5. The number of aliphatic hydroxyl groups excluding tert-OH is 8. The van der Waals surface area contributed by atoms with Gasteiger partial charge in [0.2, 0.25) is 0 Å². The van der Waals surface area contributed by atoms with Gasteiger partial charge in [-0.1, -0.05) is 0 Å². The van der Waals surface area contributed by atoms with Crippen molar-refractivity contribution in [2.75, 3.05) is 19.8 Å². The van der Waals surface area contributed by atoms with Gasteiger partial charge in [0.1, 0.15) is 54.9 Å². The Kier molecular flexibility index (Phi) is 9.54. The molecule has 14 N–H and O–H groups in total. The maximum absolute atomic E-state index is 10.8. The Balaban J connectivity index is 1.72. The first-order valence-corrected chi connectivity index (χ1v) is 10.8. The summed E-state index contributed by atoms with van der Waals surface area (Å²) in [6.45, 7) is -2.00. The van der Waals surface area contributed by atoms with Crippen molar-refractivity contribution in [1.82, 2.24) is 0 Å². The fourth-order valence-corrected chi connectivity index (χ4v) is 4.18. The standard InChI is InChI=1S/C18H35N3O13/c19-7-12(27)14(5(2-23)30-16(7)29)33-18-9(21)13(28)15(6(3-24)32-18)34-17-8(20)11(26)10(25)4(1-22)31-17/h4-18,22-29H,1-3,19-21H2/t4?,5?,6?,7-,8-,9+,10+,11?,12?,13+,14+,15?,16-,17+,18?/m0/s1. The molecule has 0 radical (unpaired) electrons. The van der Waals surface area contributed by atoms with E-state index >= 15 is 0 Å². The number of ether oxygens (including phenoxy) is 5. The van der Waals surface area contributed by atoms with E-state index in [4.69, 9.17) is 40.9 Å². The van der Waals surface area contributed by atoms with Crippen molar-refractivity contribution in [3.8, 4) is 0 Å². The van der Waals surface area contributed by atoms with Crippen molar-refractivity contribution in [3.05, 3.63) is 0 Å². The fraction of sp³-hybridized carbons (Fsp3) is 1.00. The molecule has 0 aromatic rings. The lowest BCUT2D eigenvalue weighted by Crippen LogP contribution is -2.69. The van der Waals surface area contributed by atoms with Crippen LogP contribution in [0.15, 0.2) is 0 Å². The Bertz CT molecular complexity index is 646. The van der Waals surface area contributed by atoms with Gasteiger partial charge in [0.15, 0.2) is 18.9 Å². The van der Waals surface area contributed by atoms with E-state index in [1.165, 1.54) is 0 Å². The van der Waals surface area contributed by atoms with Crippen molar-refractivity contribution >= 4 is 0 Å². The van der Waals surface area contributed by atoms with Crippen molar-refractivity contribution in [1.29, 1.82) is 0 Å². The molecular formula is C18H35N3O13. The van der Waals surface area contributed by atoms with Gasteiger partial charge in [0, 0.05) is 0 Å². The molecule has 3 rings (SSSR count). The average Bonchev–Trinajstić information content (AvgIpc) is 2.83. The highest BCUT2D eigenvalue weighted by molar-refractivity contribution is 4.98. The largest absolute Gasteiger partial charge is 0.394 e. The Labute approximate surface area is 194 Å². The van der Waals surface area contributed by atoms with E-state index in [-0.39, 0.29) is 0 Å². The first-order chi connectivity index (χ1) is 16.0. The van der Waals surface area contributed by atoms with Gasteiger partial charge in [-0.2, -0.15) is 0 Å². The number of hydrogen-bond donors (Lipinski definition) is 11. The van der Waals surface area contributed by atoms with Crippen molar-refractivity contribution in [3.63, 3.8) is 0 Å². The molecule has 0 aromatic carbocycles. The molecule has 3 fully saturated rings. The molecule has 3 aliphatic heterocycles. The van der Waals surface area contributed by atoms with E-state index in [1.807, 2.05) is 0 Å². The van der Waals surface area contributed by atoms with Gasteiger partial charge in [0.05, 0.1) is 37.9 Å². The zero-order valence-corrected chi connectivity index (χ0v) is 18.1. The van der Waals surface area contributed by atoms with E-state index in [0.29, 0.717) is 0 Å². The van der Waals surface area contributed by atoms with Crippen LogP contribution in [0.4, 0.5) is 0 Å². The predicted octanol–water partition coefficient (Wildman–Crippen LogP) is -7.67. The van der Waals surface area contributed by atoms with Crippen LogP contribution in [-0.2, 0) is 23.7 Å². The van der Waals surface area contributed by atoms with Crippen molar-refractivity contribution in [2.24, 2.45) is 17.2 Å². The number of nitrogens with two attached hydrogens (primary N) is 3. The molecule has 0 amide bonds. The van der Waals surface area contributed by atoms with Crippen LogP contribution in [0.1, 0.15) is 0 Å². The number of hydrogen-bond acceptors (Lipinski definition) is 16. The van der Waals surface area contributed by atoms with E-state index in [0.717, 1.165) is 0 Å². The first-order valence-electron chi connectivity index (χ1n) is 10.8. The summed E-state index contributed by atoms with van der Waals surface area (Å²) >= 11 is 0. The van der Waals surface area contributed by atoms with Crippen molar-refractivity contribution < 1.29 is 64.5 Å². The van der Waals surface area contributed by atoms with Crippen LogP contribution < -0.4 is 17.2 Å². The Morgan fingerprint density at radius 3 is 1.44 bits per heavy atom. The minimum Gasteiger partial charge on any atom is -0.394 e. The molecule has 0 saturated carbocycles. The molecule has 16 nitrogen and oxygen atoms in total. The SMILES string of the molecule is N[C@H]1C(O)[C@H](O)C(CO)O[C@@H]1OC1C(CO)OC(O[C@@H]2C(CO)O[C@H](O)[C@@H](N)C2O)[C@H](N)[C@H]1O. The number of aliphatic hydroxyl groups is 8. The van der Waals surface area contributed by atoms with Gasteiger partial charge in [-0.3, -0.25) is 0 Å². The molecule has 0 spiro atoms.